The summed E-state index contributed by atoms with van der Waals surface area (Å²) in [6.45, 7) is 6.75. The average molecular weight is 364 g/mol. The van der Waals surface area contributed by atoms with Crippen LogP contribution < -0.4 is 10.4 Å². The summed E-state index contributed by atoms with van der Waals surface area (Å²) in [6, 6.07) is 15.2. The van der Waals surface area contributed by atoms with E-state index in [1.165, 1.54) is 13.1 Å². The van der Waals surface area contributed by atoms with Crippen molar-refractivity contribution < 1.29 is 20.3 Å². The molecule has 0 saturated carbocycles. The summed E-state index contributed by atoms with van der Waals surface area (Å²) in [5, 5.41) is 22.5. The molecule has 0 radical (unpaired) electrons. The third-order valence-electron chi connectivity index (χ3n) is 3.69. The van der Waals surface area contributed by atoms with Crippen LogP contribution in [0.4, 0.5) is 0 Å². The summed E-state index contributed by atoms with van der Waals surface area (Å²) in [5.41, 5.74) is 2.91. The second kappa shape index (κ2) is 11.6. The minimum absolute atomic E-state index is 0.147. The number of carboxylic acid groups (broad SMARTS) is 1. The lowest BCUT2D eigenvalue weighted by molar-refractivity contribution is -0.648. The van der Waals surface area contributed by atoms with Crippen molar-refractivity contribution in [3.05, 3.63) is 59.1 Å². The number of nitrogens with two attached hydrogens (primary N) is 1. The quantitative estimate of drug-likeness (QED) is 0.785. The minimum atomic E-state index is -1.43. The largest absolute Gasteiger partial charge is 0.547 e. The maximum absolute atomic E-state index is 10.4. The minimum Gasteiger partial charge on any atom is -0.547 e. The van der Waals surface area contributed by atoms with E-state index in [2.05, 4.69) is 19.2 Å². The molecule has 25 heavy (non-hydrogen) atoms. The van der Waals surface area contributed by atoms with Gasteiger partial charge in [0.1, 0.15) is 0 Å². The van der Waals surface area contributed by atoms with Crippen LogP contribution in [0.5, 0.6) is 0 Å². The molecular formula is C20H26ClNO3. The number of carbonyl (C=O) groups is 1. The fraction of sp³-hybridized carbons (Fsp3) is 0.350. The van der Waals surface area contributed by atoms with E-state index in [1.807, 2.05) is 48.5 Å². The second-order valence-electron chi connectivity index (χ2n) is 5.66. The molecule has 1 atom stereocenters. The fourth-order valence-electron chi connectivity index (χ4n) is 2.26. The van der Waals surface area contributed by atoms with Crippen molar-refractivity contribution in [2.24, 2.45) is 0 Å². The summed E-state index contributed by atoms with van der Waals surface area (Å²) in [4.78, 5) is 10.4. The van der Waals surface area contributed by atoms with E-state index in [0.29, 0.717) is 11.4 Å². The van der Waals surface area contributed by atoms with Crippen LogP contribution in [0, 0.1) is 0 Å². The summed E-state index contributed by atoms with van der Waals surface area (Å²) < 4.78 is 0. The first-order valence-corrected chi connectivity index (χ1v) is 8.91. The number of aryl methyl sites for hydroxylation is 1. The first kappa shape index (κ1) is 21.2. The molecule has 0 aromatic heterocycles. The first-order valence-electron chi connectivity index (χ1n) is 8.54. The predicted octanol–water partition coefficient (Wildman–Crippen LogP) is 1.64. The molecule has 0 bridgehead atoms. The van der Waals surface area contributed by atoms with Gasteiger partial charge in [-0.3, -0.25) is 0 Å². The van der Waals surface area contributed by atoms with E-state index < -0.39 is 12.1 Å². The van der Waals surface area contributed by atoms with Crippen LogP contribution >= 0.6 is 11.6 Å². The Morgan fingerprint density at radius 2 is 1.72 bits per heavy atom. The molecule has 3 N–H and O–H groups in total. The Morgan fingerprint density at radius 1 is 1.12 bits per heavy atom. The van der Waals surface area contributed by atoms with Gasteiger partial charge < -0.3 is 20.3 Å². The highest BCUT2D eigenvalue weighted by atomic mass is 35.5. The molecule has 5 heteroatoms. The van der Waals surface area contributed by atoms with Crippen LogP contribution in [0.15, 0.2) is 48.5 Å². The molecule has 2 aromatic rings. The van der Waals surface area contributed by atoms with Crippen molar-refractivity contribution in [2.45, 2.75) is 32.8 Å². The molecular weight excluding hydrogens is 338 g/mol. The Kier molecular flexibility index (Phi) is 9.85. The predicted molar refractivity (Wildman–Crippen MR) is 99.2 cm³/mol. The Hall–Kier alpha value is -1.88. The van der Waals surface area contributed by atoms with Crippen LogP contribution in [0.2, 0.25) is 5.02 Å². The highest BCUT2D eigenvalue weighted by molar-refractivity contribution is 6.33. The monoisotopic (exact) mass is 363 g/mol. The molecule has 2 aromatic carbocycles. The molecule has 0 fully saturated rings. The molecule has 0 saturated heterocycles. The fourth-order valence-corrected chi connectivity index (χ4v) is 2.50. The van der Waals surface area contributed by atoms with Gasteiger partial charge in [0.2, 0.25) is 0 Å². The summed E-state index contributed by atoms with van der Waals surface area (Å²) >= 11 is 6.13. The molecule has 0 aliphatic rings. The lowest BCUT2D eigenvalue weighted by atomic mass is 10.0. The zero-order valence-corrected chi connectivity index (χ0v) is 15.5. The van der Waals surface area contributed by atoms with Gasteiger partial charge in [-0.25, -0.2) is 0 Å². The number of benzene rings is 2. The van der Waals surface area contributed by atoms with Gasteiger partial charge in [-0.15, -0.1) is 0 Å². The zero-order valence-electron chi connectivity index (χ0n) is 14.7. The Labute approximate surface area is 154 Å². The van der Waals surface area contributed by atoms with Crippen molar-refractivity contribution in [3.63, 3.8) is 0 Å². The first-order chi connectivity index (χ1) is 12.0. The topological polar surface area (TPSA) is 77.0 Å². The van der Waals surface area contributed by atoms with Crippen molar-refractivity contribution in [3.8, 4) is 11.1 Å². The summed E-state index contributed by atoms with van der Waals surface area (Å²) in [6.07, 6.45) is -0.788. The number of rotatable bonds is 7. The molecule has 0 amide bonds. The third-order valence-corrected chi connectivity index (χ3v) is 4.02. The smallest absolute Gasteiger partial charge is 0.0936 e. The number of carbonyl (C=O) groups excluding carboxylic acids is 1. The number of hydrogen-bond acceptors (Lipinski definition) is 3. The van der Waals surface area contributed by atoms with Gasteiger partial charge in [0.15, 0.2) is 0 Å². The van der Waals surface area contributed by atoms with Crippen molar-refractivity contribution in [1.82, 2.24) is 0 Å². The Balaban J connectivity index is 0.000000550. The van der Waals surface area contributed by atoms with Gasteiger partial charge in [0.25, 0.3) is 0 Å². The number of carboxylic acids is 1. The molecule has 1 unspecified atom stereocenters. The second-order valence-corrected chi connectivity index (χ2v) is 6.06. The zero-order chi connectivity index (χ0) is 18.7. The molecule has 0 heterocycles. The third kappa shape index (κ3) is 7.69. The number of aliphatic hydroxyl groups is 1. The van der Waals surface area contributed by atoms with E-state index in [0.717, 1.165) is 16.7 Å². The summed E-state index contributed by atoms with van der Waals surface area (Å²) in [5.74, 6) is -1.43. The van der Waals surface area contributed by atoms with E-state index >= 15 is 0 Å². The lowest BCUT2D eigenvalue weighted by Crippen LogP contribution is -2.82. The van der Waals surface area contributed by atoms with Crippen molar-refractivity contribution in [1.29, 1.82) is 0 Å². The SMILES string of the molecule is CC[NH2+]CC.O=C([O-])C(O)CCc1ccc(-c2ccccc2Cl)cc1. The van der Waals surface area contributed by atoms with Crippen molar-refractivity contribution >= 4 is 17.6 Å². The molecule has 0 aliphatic carbocycles. The molecule has 4 nitrogen and oxygen atoms in total. The summed E-state index contributed by atoms with van der Waals surface area (Å²) in [7, 11) is 0. The standard InChI is InChI=1S/C16H15ClO3.C4H11N/c17-14-4-2-1-3-13(14)12-8-5-11(6-9-12)7-10-15(18)16(19)20;1-3-5-4-2/h1-6,8-9,15,18H,7,10H2,(H,19,20);5H,3-4H2,1-2H3. The van der Waals surface area contributed by atoms with Gasteiger partial charge in [-0.05, 0) is 43.9 Å². The number of hydrogen-bond donors (Lipinski definition) is 2. The number of halogens is 1. The van der Waals surface area contributed by atoms with Gasteiger partial charge in [-0.1, -0.05) is 54.1 Å². The van der Waals surface area contributed by atoms with Gasteiger partial charge in [-0.2, -0.15) is 0 Å². The van der Waals surface area contributed by atoms with Crippen LogP contribution in [0.25, 0.3) is 11.1 Å². The molecule has 0 spiro atoms. The number of aliphatic hydroxyl groups excluding tert-OH is 1. The van der Waals surface area contributed by atoms with E-state index in [1.54, 1.807) is 0 Å². The molecule has 2 rings (SSSR count). The molecule has 136 valence electrons. The molecule has 0 aliphatic heterocycles. The maximum atomic E-state index is 10.4. The Morgan fingerprint density at radius 3 is 2.20 bits per heavy atom. The average Bonchev–Trinajstić information content (AvgIpc) is 2.62. The van der Waals surface area contributed by atoms with Crippen LogP contribution in [0.3, 0.4) is 0 Å². The van der Waals surface area contributed by atoms with Gasteiger partial charge >= 0.3 is 0 Å². The van der Waals surface area contributed by atoms with E-state index in [4.69, 9.17) is 11.6 Å². The van der Waals surface area contributed by atoms with Crippen molar-refractivity contribution in [2.75, 3.05) is 13.1 Å². The van der Waals surface area contributed by atoms with E-state index in [-0.39, 0.29) is 6.42 Å². The normalized spacial score (nSPS) is 11.4. The highest BCUT2D eigenvalue weighted by Crippen LogP contribution is 2.27. The Bertz CT molecular complexity index is 642. The van der Waals surface area contributed by atoms with Crippen LogP contribution in [0.1, 0.15) is 25.8 Å². The van der Waals surface area contributed by atoms with Gasteiger partial charge in [0.05, 0.1) is 25.2 Å². The van der Waals surface area contributed by atoms with Crippen LogP contribution in [-0.2, 0) is 11.2 Å². The van der Waals surface area contributed by atoms with Crippen LogP contribution in [-0.4, -0.2) is 30.3 Å². The number of quaternary nitrogens is 1. The lowest BCUT2D eigenvalue weighted by Gasteiger charge is -2.11. The number of aliphatic carboxylic acids is 1. The van der Waals surface area contributed by atoms with Gasteiger partial charge in [0, 0.05) is 10.6 Å². The highest BCUT2D eigenvalue weighted by Gasteiger charge is 2.06. The van der Waals surface area contributed by atoms with E-state index in [9.17, 15) is 15.0 Å². The maximum Gasteiger partial charge on any atom is 0.0936 e.